The molecule has 0 N–H and O–H groups in total. The summed E-state index contributed by atoms with van der Waals surface area (Å²) in [5, 5.41) is 2.28. The molecule has 0 aliphatic heterocycles. The Morgan fingerprint density at radius 3 is 2.36 bits per heavy atom. The maximum atomic E-state index is 5.39. The van der Waals surface area contributed by atoms with Crippen LogP contribution in [0.5, 0.6) is 0 Å². The number of terminal acetylenes is 1. The van der Waals surface area contributed by atoms with Gasteiger partial charge in [0.15, 0.2) is 0 Å². The van der Waals surface area contributed by atoms with Crippen molar-refractivity contribution in [3.8, 4) is 12.3 Å². The third-order valence-corrected chi connectivity index (χ3v) is 4.19. The largest absolute Gasteiger partial charge is 0.150 e. The predicted molar refractivity (Wildman–Crippen MR) is 101 cm³/mol. The molecule has 0 aromatic heterocycles. The summed E-state index contributed by atoms with van der Waals surface area (Å²) in [7, 11) is 1.92. The van der Waals surface area contributed by atoms with E-state index >= 15 is 0 Å². The van der Waals surface area contributed by atoms with E-state index in [1.54, 1.807) is 0 Å². The van der Waals surface area contributed by atoms with Crippen molar-refractivity contribution < 1.29 is 0 Å². The van der Waals surface area contributed by atoms with E-state index in [9.17, 15) is 0 Å². The van der Waals surface area contributed by atoms with Crippen LogP contribution in [0.2, 0.25) is 0 Å². The summed E-state index contributed by atoms with van der Waals surface area (Å²) >= 11 is 0. The minimum Gasteiger partial charge on any atom is -0.116 e. The number of hydrogen-bond acceptors (Lipinski definition) is 0. The highest BCUT2D eigenvalue weighted by Gasteiger charge is 2.21. The van der Waals surface area contributed by atoms with Crippen molar-refractivity contribution in [3.05, 3.63) is 81.2 Å². The first-order valence-corrected chi connectivity index (χ1v) is 7.37. The van der Waals surface area contributed by atoms with Crippen LogP contribution in [0.25, 0.3) is 12.2 Å². The zero-order valence-electron chi connectivity index (χ0n) is 13.7. The molecule has 22 heavy (non-hydrogen) atoms. The van der Waals surface area contributed by atoms with E-state index in [0.717, 1.165) is 33.8 Å². The van der Waals surface area contributed by atoms with Crippen molar-refractivity contribution in [2.24, 2.45) is 0 Å². The van der Waals surface area contributed by atoms with Gasteiger partial charge in [-0.3, -0.25) is 0 Å². The van der Waals surface area contributed by atoms with Crippen LogP contribution in [0.3, 0.4) is 0 Å². The molecule has 1 fully saturated rings. The molecule has 0 atom stereocenters. The molecule has 1 aliphatic rings. The fourth-order valence-corrected chi connectivity index (χ4v) is 2.75. The second-order valence-electron chi connectivity index (χ2n) is 5.91. The summed E-state index contributed by atoms with van der Waals surface area (Å²) in [5.41, 5.74) is 7.80. The third-order valence-electron chi connectivity index (χ3n) is 4.19. The van der Waals surface area contributed by atoms with E-state index in [0.29, 0.717) is 0 Å². The molecule has 0 bridgehead atoms. The highest BCUT2D eigenvalue weighted by molar-refractivity contribution is 6.24. The maximum Gasteiger partial charge on any atom is 0.150 e. The Hall–Kier alpha value is -2.46. The number of aryl methyl sites for hydroxylation is 2. The van der Waals surface area contributed by atoms with Gasteiger partial charge in [-0.05, 0) is 69.6 Å². The van der Waals surface area contributed by atoms with E-state index in [2.05, 4.69) is 57.7 Å². The normalized spacial score (nSPS) is 17.2. The molecule has 1 aliphatic carbocycles. The van der Waals surface area contributed by atoms with E-state index < -0.39 is 0 Å². The summed E-state index contributed by atoms with van der Waals surface area (Å²) in [6, 6.07) is 4.35. The average Bonchev–Trinajstić information content (AvgIpc) is 2.76. The molecule has 1 aromatic rings. The number of benzene rings is 1. The maximum absolute atomic E-state index is 5.39. The van der Waals surface area contributed by atoms with Gasteiger partial charge in [-0.1, -0.05) is 49.9 Å². The smallest absolute Gasteiger partial charge is 0.116 e. The first-order valence-electron chi connectivity index (χ1n) is 7.37. The average molecular weight is 284 g/mol. The molecule has 0 amide bonds. The first kappa shape index (κ1) is 15.9. The van der Waals surface area contributed by atoms with E-state index in [1.807, 2.05) is 13.9 Å². The summed E-state index contributed by atoms with van der Waals surface area (Å²) in [5.74, 6) is 2.63. The lowest BCUT2D eigenvalue weighted by molar-refractivity contribution is 1.28. The van der Waals surface area contributed by atoms with Gasteiger partial charge in [0.1, 0.15) is 7.85 Å². The van der Waals surface area contributed by atoms with Gasteiger partial charge in [-0.2, -0.15) is 0 Å². The molecule has 108 valence electrons. The lowest BCUT2D eigenvalue weighted by Gasteiger charge is -2.05. The fraction of sp³-hybridized carbons (Fsp3) is 0.143. The topological polar surface area (TPSA) is 0 Å². The Morgan fingerprint density at radius 2 is 1.82 bits per heavy atom. The Balaban J connectivity index is 2.62. The quantitative estimate of drug-likeness (QED) is 0.549. The van der Waals surface area contributed by atoms with Crippen LogP contribution in [-0.4, -0.2) is 7.85 Å². The standard InChI is InChI=1S/C21H21B/c1-7-20(22)9-8-18-12-15(4)21(17(18)6)19-10-13(2)16(5)14(3)11-19/h1,8-11H,4-6,12,22H2,2-3H3/b18-8+,20-9+. The molecule has 2 rings (SSSR count). The molecule has 0 heterocycles. The third kappa shape index (κ3) is 2.92. The molecule has 1 saturated carbocycles. The van der Waals surface area contributed by atoms with Crippen molar-refractivity contribution >= 4 is 20.0 Å². The Kier molecular flexibility index (Phi) is 4.43. The zero-order valence-corrected chi connectivity index (χ0v) is 13.7. The highest BCUT2D eigenvalue weighted by atomic mass is 14.2. The van der Waals surface area contributed by atoms with Crippen molar-refractivity contribution in [1.29, 1.82) is 0 Å². The van der Waals surface area contributed by atoms with Crippen LogP contribution in [0.15, 0.2) is 59.6 Å². The van der Waals surface area contributed by atoms with Crippen LogP contribution in [-0.2, 0) is 0 Å². The number of hydrogen-bond donors (Lipinski definition) is 0. The van der Waals surface area contributed by atoms with Gasteiger partial charge in [-0.25, -0.2) is 0 Å². The second kappa shape index (κ2) is 6.12. The van der Waals surface area contributed by atoms with Gasteiger partial charge in [0, 0.05) is 0 Å². The van der Waals surface area contributed by atoms with Crippen LogP contribution in [0, 0.1) is 26.2 Å². The summed E-state index contributed by atoms with van der Waals surface area (Å²) in [6.07, 6.45) is 10.2. The first-order chi connectivity index (χ1) is 10.3. The monoisotopic (exact) mass is 284 g/mol. The van der Waals surface area contributed by atoms with Crippen LogP contribution in [0.1, 0.15) is 17.5 Å². The van der Waals surface area contributed by atoms with Crippen LogP contribution < -0.4 is 10.4 Å². The van der Waals surface area contributed by atoms with Gasteiger partial charge in [-0.15, -0.1) is 6.42 Å². The number of rotatable bonds is 1. The summed E-state index contributed by atoms with van der Waals surface area (Å²) in [6.45, 7) is 16.8. The van der Waals surface area contributed by atoms with Crippen molar-refractivity contribution in [2.75, 3.05) is 0 Å². The van der Waals surface area contributed by atoms with Gasteiger partial charge in [0.05, 0.1) is 0 Å². The van der Waals surface area contributed by atoms with Gasteiger partial charge >= 0.3 is 0 Å². The molecule has 0 saturated heterocycles. The van der Waals surface area contributed by atoms with Gasteiger partial charge in [0.2, 0.25) is 0 Å². The lowest BCUT2D eigenvalue weighted by atomic mass is 9.95. The Labute approximate surface area is 134 Å². The molecule has 1 aromatic carbocycles. The number of allylic oxidation sites excluding steroid dienone is 6. The Bertz CT molecular complexity index is 854. The lowest BCUT2D eigenvalue weighted by Crippen LogP contribution is -2.17. The summed E-state index contributed by atoms with van der Waals surface area (Å²) in [4.78, 5) is 0. The van der Waals surface area contributed by atoms with Crippen molar-refractivity contribution in [3.63, 3.8) is 0 Å². The zero-order chi connectivity index (χ0) is 16.4. The van der Waals surface area contributed by atoms with Crippen molar-refractivity contribution in [2.45, 2.75) is 20.3 Å². The minimum absolute atomic E-state index is 0.826. The molecule has 0 radical (unpaired) electrons. The van der Waals surface area contributed by atoms with Crippen molar-refractivity contribution in [1.82, 2.24) is 0 Å². The second-order valence-corrected chi connectivity index (χ2v) is 5.91. The van der Waals surface area contributed by atoms with Gasteiger partial charge < -0.3 is 0 Å². The van der Waals surface area contributed by atoms with Crippen LogP contribution in [0.4, 0.5) is 0 Å². The minimum atomic E-state index is 0.826. The molecule has 0 unspecified atom stereocenters. The highest BCUT2D eigenvalue weighted by Crippen LogP contribution is 2.38. The Morgan fingerprint density at radius 1 is 1.23 bits per heavy atom. The molecule has 0 spiro atoms. The van der Waals surface area contributed by atoms with E-state index in [1.165, 1.54) is 21.9 Å². The molecule has 0 nitrogen and oxygen atoms in total. The summed E-state index contributed by atoms with van der Waals surface area (Å²) < 4.78 is 0. The molecular weight excluding hydrogens is 263 g/mol. The molecular formula is C21H21B. The SMILES string of the molecule is B/C(C#C)=C/C=C1\CC(=C)C(=c2cc(C)c(=C)c(C)c2)C1=C. The molecule has 1 heteroatoms. The predicted octanol–water partition coefficient (Wildman–Crippen LogP) is 2.46. The van der Waals surface area contributed by atoms with Crippen LogP contribution >= 0.6 is 0 Å². The van der Waals surface area contributed by atoms with Gasteiger partial charge in [0.25, 0.3) is 0 Å². The fourth-order valence-electron chi connectivity index (χ4n) is 2.75. The van der Waals surface area contributed by atoms with E-state index in [4.69, 9.17) is 6.42 Å². The van der Waals surface area contributed by atoms with E-state index in [-0.39, 0.29) is 0 Å².